The molecule has 2 heterocycles. The van der Waals surface area contributed by atoms with Crippen LogP contribution in [-0.4, -0.2) is 20.7 Å². The van der Waals surface area contributed by atoms with E-state index in [4.69, 9.17) is 10.2 Å². The summed E-state index contributed by atoms with van der Waals surface area (Å²) in [5.74, 6) is -1.27. The molecular weight excluding hydrogens is 406 g/mol. The van der Waals surface area contributed by atoms with Gasteiger partial charge in [0.05, 0.1) is 29.2 Å². The smallest absolute Gasteiger partial charge is 0.416 e. The van der Waals surface area contributed by atoms with Gasteiger partial charge in [0.25, 0.3) is 5.91 Å². The maximum Gasteiger partial charge on any atom is 0.416 e. The van der Waals surface area contributed by atoms with Crippen molar-refractivity contribution in [1.82, 2.24) is 14.8 Å². The molecule has 0 aliphatic heterocycles. The highest BCUT2D eigenvalue weighted by atomic mass is 19.4. The fourth-order valence-electron chi connectivity index (χ4n) is 2.38. The number of nitrogens with zero attached hydrogens (tertiary/aromatic N) is 3. The minimum Gasteiger partial charge on any atom is -0.472 e. The number of hydrogen-bond acceptors (Lipinski definition) is 4. The number of amides is 1. The van der Waals surface area contributed by atoms with Crippen molar-refractivity contribution >= 4 is 17.7 Å². The molecule has 0 spiro atoms. The topological polar surface area (TPSA) is 86.9 Å². The molecule has 0 saturated carbocycles. The Labute approximate surface area is 158 Å². The lowest BCUT2D eigenvalue weighted by Crippen LogP contribution is -2.13. The van der Waals surface area contributed by atoms with Crippen LogP contribution in [0.2, 0.25) is 0 Å². The summed E-state index contributed by atoms with van der Waals surface area (Å²) in [6.45, 7) is 0. The lowest BCUT2D eigenvalue weighted by Gasteiger charge is -2.13. The van der Waals surface area contributed by atoms with Crippen molar-refractivity contribution in [2.45, 2.75) is 12.4 Å². The first kappa shape index (κ1) is 20.2. The first-order valence-electron chi connectivity index (χ1n) is 7.70. The molecule has 3 rings (SSSR count). The van der Waals surface area contributed by atoms with Gasteiger partial charge in [0.2, 0.25) is 0 Å². The number of carbonyl (C=O) groups is 1. The van der Waals surface area contributed by atoms with Crippen LogP contribution in [0.25, 0.3) is 23.2 Å². The van der Waals surface area contributed by atoms with Gasteiger partial charge >= 0.3 is 12.4 Å². The molecule has 0 fully saturated rings. The SMILES string of the molecule is NC(=O)/C(=C/n1cnc(-c2cc(C(F)(F)F)cc(C(F)(F)F)c2)n1)c1ccoc1. The Kier molecular flexibility index (Phi) is 4.95. The van der Waals surface area contributed by atoms with Crippen LogP contribution < -0.4 is 5.73 Å². The van der Waals surface area contributed by atoms with Crippen molar-refractivity contribution in [2.75, 3.05) is 0 Å². The van der Waals surface area contributed by atoms with Gasteiger partial charge in [-0.25, -0.2) is 9.67 Å². The molecule has 2 N–H and O–H groups in total. The van der Waals surface area contributed by atoms with Gasteiger partial charge in [-0.2, -0.15) is 26.3 Å². The summed E-state index contributed by atoms with van der Waals surface area (Å²) >= 11 is 0. The Morgan fingerprint density at radius 1 is 1.07 bits per heavy atom. The van der Waals surface area contributed by atoms with Crippen LogP contribution >= 0.6 is 0 Å². The van der Waals surface area contributed by atoms with Crippen LogP contribution in [-0.2, 0) is 17.1 Å². The summed E-state index contributed by atoms with van der Waals surface area (Å²) < 4.78 is 83.7. The zero-order valence-corrected chi connectivity index (χ0v) is 14.1. The summed E-state index contributed by atoms with van der Waals surface area (Å²) in [5.41, 5.74) is 2.02. The summed E-state index contributed by atoms with van der Waals surface area (Å²) in [7, 11) is 0. The highest BCUT2D eigenvalue weighted by Gasteiger charge is 2.37. The molecule has 152 valence electrons. The number of carbonyl (C=O) groups excluding carboxylic acids is 1. The molecule has 29 heavy (non-hydrogen) atoms. The van der Waals surface area contributed by atoms with Gasteiger partial charge in [-0.05, 0) is 24.3 Å². The Morgan fingerprint density at radius 2 is 1.69 bits per heavy atom. The van der Waals surface area contributed by atoms with Crippen LogP contribution in [0.15, 0.2) is 47.5 Å². The van der Waals surface area contributed by atoms with Crippen molar-refractivity contribution in [2.24, 2.45) is 5.73 Å². The second kappa shape index (κ2) is 7.11. The predicted octanol–water partition coefficient (Wildman–Crippen LogP) is 4.06. The molecule has 6 nitrogen and oxygen atoms in total. The molecule has 0 unspecified atom stereocenters. The van der Waals surface area contributed by atoms with Crippen LogP contribution in [0.3, 0.4) is 0 Å². The van der Waals surface area contributed by atoms with E-state index < -0.39 is 40.8 Å². The van der Waals surface area contributed by atoms with Crippen LogP contribution in [0.1, 0.15) is 16.7 Å². The molecule has 0 saturated heterocycles. The third-order valence-corrected chi connectivity index (χ3v) is 3.71. The normalized spacial score (nSPS) is 13.0. The van der Waals surface area contributed by atoms with E-state index in [0.717, 1.165) is 17.2 Å². The van der Waals surface area contributed by atoms with Gasteiger partial charge in [-0.15, -0.1) is 5.10 Å². The number of alkyl halides is 6. The average Bonchev–Trinajstić information content (AvgIpc) is 3.29. The monoisotopic (exact) mass is 416 g/mol. The Bertz CT molecular complexity index is 1030. The number of nitrogens with two attached hydrogens (primary N) is 1. The minimum atomic E-state index is -5.00. The number of hydrogen-bond donors (Lipinski definition) is 1. The van der Waals surface area contributed by atoms with E-state index in [0.29, 0.717) is 17.7 Å². The third-order valence-electron chi connectivity index (χ3n) is 3.71. The Morgan fingerprint density at radius 3 is 2.17 bits per heavy atom. The predicted molar refractivity (Wildman–Crippen MR) is 87.5 cm³/mol. The maximum atomic E-state index is 13.0. The van der Waals surface area contributed by atoms with Crippen molar-refractivity contribution < 1.29 is 35.6 Å². The second-order valence-electron chi connectivity index (χ2n) is 5.76. The second-order valence-corrected chi connectivity index (χ2v) is 5.76. The Balaban J connectivity index is 2.06. The molecule has 1 aromatic carbocycles. The van der Waals surface area contributed by atoms with Crippen molar-refractivity contribution in [3.63, 3.8) is 0 Å². The maximum absolute atomic E-state index is 13.0. The number of furan rings is 1. The molecule has 0 aliphatic rings. The zero-order valence-electron chi connectivity index (χ0n) is 14.1. The van der Waals surface area contributed by atoms with Crippen LogP contribution in [0.5, 0.6) is 0 Å². The van der Waals surface area contributed by atoms with E-state index in [-0.39, 0.29) is 11.6 Å². The molecule has 12 heteroatoms. The van der Waals surface area contributed by atoms with E-state index in [1.807, 2.05) is 0 Å². The van der Waals surface area contributed by atoms with Gasteiger partial charge in [0.1, 0.15) is 6.33 Å². The molecule has 1 amide bonds. The fourth-order valence-corrected chi connectivity index (χ4v) is 2.38. The zero-order chi connectivity index (χ0) is 21.4. The molecule has 3 aromatic rings. The standard InChI is InChI=1S/C17H10F6N4O2/c18-16(19,20)11-3-10(4-12(5-11)17(21,22)23)15-25-8-27(26-15)6-13(14(24)28)9-1-2-29-7-9/h1-8H,(H2,24,28)/b13-6+. The largest absolute Gasteiger partial charge is 0.472 e. The van der Waals surface area contributed by atoms with E-state index in [1.54, 1.807) is 0 Å². The first-order valence-corrected chi connectivity index (χ1v) is 7.70. The van der Waals surface area contributed by atoms with Gasteiger partial charge in [-0.3, -0.25) is 4.79 Å². The van der Waals surface area contributed by atoms with E-state index in [1.165, 1.54) is 18.6 Å². The minimum absolute atomic E-state index is 0.00446. The number of primary amides is 1. The number of aromatic nitrogens is 3. The van der Waals surface area contributed by atoms with Crippen LogP contribution in [0.4, 0.5) is 26.3 Å². The summed E-state index contributed by atoms with van der Waals surface area (Å²) in [5, 5.41) is 3.81. The van der Waals surface area contributed by atoms with Crippen molar-refractivity contribution in [1.29, 1.82) is 0 Å². The molecule has 0 atom stereocenters. The van der Waals surface area contributed by atoms with E-state index in [9.17, 15) is 31.1 Å². The van der Waals surface area contributed by atoms with Crippen molar-refractivity contribution in [3.8, 4) is 11.4 Å². The number of benzene rings is 1. The van der Waals surface area contributed by atoms with E-state index in [2.05, 4.69) is 10.1 Å². The average molecular weight is 416 g/mol. The Hall–Kier alpha value is -3.57. The molecule has 0 radical (unpaired) electrons. The van der Waals surface area contributed by atoms with E-state index >= 15 is 0 Å². The number of halogens is 6. The molecule has 0 aliphatic carbocycles. The first-order chi connectivity index (χ1) is 13.4. The fraction of sp³-hybridized carbons (Fsp3) is 0.118. The highest BCUT2D eigenvalue weighted by Crippen LogP contribution is 2.38. The summed E-state index contributed by atoms with van der Waals surface area (Å²) in [6, 6.07) is 2.44. The lowest BCUT2D eigenvalue weighted by atomic mass is 10.0. The van der Waals surface area contributed by atoms with Crippen molar-refractivity contribution in [3.05, 3.63) is 59.8 Å². The van der Waals surface area contributed by atoms with Gasteiger partial charge in [0, 0.05) is 17.3 Å². The lowest BCUT2D eigenvalue weighted by molar-refractivity contribution is -0.143. The molecular formula is C17H10F6N4O2. The number of rotatable bonds is 4. The van der Waals surface area contributed by atoms with Gasteiger partial charge in [-0.1, -0.05) is 0 Å². The summed E-state index contributed by atoms with van der Waals surface area (Å²) in [6.07, 6.45) is -5.39. The van der Waals surface area contributed by atoms with Gasteiger partial charge < -0.3 is 10.2 Å². The molecule has 2 aromatic heterocycles. The highest BCUT2D eigenvalue weighted by molar-refractivity contribution is 6.22. The van der Waals surface area contributed by atoms with Gasteiger partial charge in [0.15, 0.2) is 5.82 Å². The third kappa shape index (κ3) is 4.47. The quantitative estimate of drug-likeness (QED) is 0.513. The van der Waals surface area contributed by atoms with Crippen LogP contribution in [0, 0.1) is 0 Å². The molecule has 0 bridgehead atoms. The summed E-state index contributed by atoms with van der Waals surface area (Å²) in [4.78, 5) is 15.3.